The van der Waals surface area contributed by atoms with Gasteiger partial charge in [-0.15, -0.1) is 0 Å². The number of rotatable bonds is 4. The van der Waals surface area contributed by atoms with Gasteiger partial charge in [0.15, 0.2) is 5.96 Å². The Kier molecular flexibility index (Phi) is 4.41. The van der Waals surface area contributed by atoms with Crippen LogP contribution in [0.5, 0.6) is 0 Å². The predicted molar refractivity (Wildman–Crippen MR) is 68.7 cm³/mol. The van der Waals surface area contributed by atoms with Gasteiger partial charge >= 0.3 is 0 Å². The highest BCUT2D eigenvalue weighted by Crippen LogP contribution is 2.16. The van der Waals surface area contributed by atoms with E-state index in [1.54, 1.807) is 6.20 Å². The molecule has 1 fully saturated rings. The van der Waals surface area contributed by atoms with E-state index in [-0.39, 0.29) is 0 Å². The number of guanidine groups is 1. The molecule has 2 rings (SSSR count). The fraction of sp³-hybridized carbons (Fsp3) is 0.667. The molecule has 94 valence electrons. The van der Waals surface area contributed by atoms with Crippen LogP contribution in [0.2, 0.25) is 0 Å². The number of hydrogen-bond acceptors (Lipinski definition) is 2. The smallest absolute Gasteiger partial charge is 0.188 e. The maximum absolute atomic E-state index is 5.85. The summed E-state index contributed by atoms with van der Waals surface area (Å²) in [4.78, 5) is 4.32. The zero-order chi connectivity index (χ0) is 11.9. The van der Waals surface area contributed by atoms with Gasteiger partial charge in [0.2, 0.25) is 0 Å². The molecule has 1 saturated carbocycles. The fourth-order valence-electron chi connectivity index (χ4n) is 2.21. The summed E-state index contributed by atoms with van der Waals surface area (Å²) in [6.45, 7) is 1.45. The van der Waals surface area contributed by atoms with Crippen molar-refractivity contribution in [2.75, 3.05) is 6.54 Å². The Hall–Kier alpha value is -1.52. The lowest BCUT2D eigenvalue weighted by Crippen LogP contribution is -2.41. The second kappa shape index (κ2) is 6.27. The van der Waals surface area contributed by atoms with Gasteiger partial charge in [-0.3, -0.25) is 9.67 Å². The van der Waals surface area contributed by atoms with E-state index in [2.05, 4.69) is 15.4 Å². The number of nitrogens with one attached hydrogen (secondary N) is 1. The molecule has 0 unspecified atom stereocenters. The number of nitrogens with zero attached hydrogens (tertiary/aromatic N) is 3. The minimum Gasteiger partial charge on any atom is -0.370 e. The topological polar surface area (TPSA) is 68.2 Å². The van der Waals surface area contributed by atoms with Gasteiger partial charge in [0.05, 0.1) is 13.1 Å². The zero-order valence-corrected chi connectivity index (χ0v) is 10.2. The summed E-state index contributed by atoms with van der Waals surface area (Å²) in [5.74, 6) is 0.573. The predicted octanol–water partition coefficient (Wildman–Crippen LogP) is 1.12. The molecule has 0 amide bonds. The normalized spacial score (nSPS) is 18.2. The minimum absolute atomic E-state index is 0.525. The van der Waals surface area contributed by atoms with Crippen molar-refractivity contribution in [3.63, 3.8) is 0 Å². The van der Waals surface area contributed by atoms with Gasteiger partial charge in [0.1, 0.15) is 0 Å². The van der Waals surface area contributed by atoms with Crippen LogP contribution in [0.1, 0.15) is 32.1 Å². The summed E-state index contributed by atoms with van der Waals surface area (Å²) < 4.78 is 1.86. The lowest BCUT2D eigenvalue weighted by Gasteiger charge is -2.23. The molecular formula is C12H21N5. The highest BCUT2D eigenvalue weighted by Gasteiger charge is 2.12. The van der Waals surface area contributed by atoms with Gasteiger partial charge in [0.25, 0.3) is 0 Å². The molecule has 0 aromatic carbocycles. The number of hydrogen-bond donors (Lipinski definition) is 2. The van der Waals surface area contributed by atoms with Crippen molar-refractivity contribution in [2.24, 2.45) is 10.7 Å². The lowest BCUT2D eigenvalue weighted by molar-refractivity contribution is 0.412. The largest absolute Gasteiger partial charge is 0.370 e. The van der Waals surface area contributed by atoms with Crippen molar-refractivity contribution in [1.82, 2.24) is 15.1 Å². The van der Waals surface area contributed by atoms with E-state index in [0.717, 1.165) is 6.54 Å². The van der Waals surface area contributed by atoms with Crippen LogP contribution in [-0.2, 0) is 6.54 Å². The van der Waals surface area contributed by atoms with E-state index in [0.29, 0.717) is 18.5 Å². The zero-order valence-electron chi connectivity index (χ0n) is 10.2. The quantitative estimate of drug-likeness (QED) is 0.607. The Morgan fingerprint density at radius 3 is 2.94 bits per heavy atom. The van der Waals surface area contributed by atoms with Crippen LogP contribution in [0, 0.1) is 0 Å². The molecule has 1 aliphatic carbocycles. The molecule has 0 spiro atoms. The maximum Gasteiger partial charge on any atom is 0.188 e. The van der Waals surface area contributed by atoms with Crippen molar-refractivity contribution < 1.29 is 0 Å². The van der Waals surface area contributed by atoms with E-state index in [1.807, 2.05) is 16.9 Å². The van der Waals surface area contributed by atoms with E-state index < -0.39 is 0 Å². The maximum atomic E-state index is 5.85. The van der Waals surface area contributed by atoms with Crippen LogP contribution < -0.4 is 11.1 Å². The summed E-state index contributed by atoms with van der Waals surface area (Å²) in [5, 5.41) is 7.41. The van der Waals surface area contributed by atoms with Crippen LogP contribution >= 0.6 is 0 Å². The molecule has 0 radical (unpaired) electrons. The van der Waals surface area contributed by atoms with Crippen molar-refractivity contribution in [3.05, 3.63) is 18.5 Å². The van der Waals surface area contributed by atoms with Gasteiger partial charge in [-0.2, -0.15) is 5.10 Å². The van der Waals surface area contributed by atoms with Gasteiger partial charge in [-0.25, -0.2) is 0 Å². The lowest BCUT2D eigenvalue weighted by atomic mass is 9.96. The Bertz CT molecular complexity index is 338. The Balaban J connectivity index is 1.69. The third-order valence-electron chi connectivity index (χ3n) is 3.13. The first-order valence-electron chi connectivity index (χ1n) is 6.38. The summed E-state index contributed by atoms with van der Waals surface area (Å²) in [7, 11) is 0. The summed E-state index contributed by atoms with van der Waals surface area (Å²) >= 11 is 0. The van der Waals surface area contributed by atoms with Crippen molar-refractivity contribution in [2.45, 2.75) is 44.7 Å². The first kappa shape index (κ1) is 12.0. The van der Waals surface area contributed by atoms with Crippen LogP contribution in [0.3, 0.4) is 0 Å². The molecule has 5 nitrogen and oxygen atoms in total. The third kappa shape index (κ3) is 4.09. The van der Waals surface area contributed by atoms with E-state index in [4.69, 9.17) is 5.73 Å². The number of nitrogens with two attached hydrogens (primary N) is 1. The highest BCUT2D eigenvalue weighted by molar-refractivity contribution is 5.78. The van der Waals surface area contributed by atoms with Crippen LogP contribution in [0.4, 0.5) is 0 Å². The van der Waals surface area contributed by atoms with E-state index in [1.165, 1.54) is 32.1 Å². The number of aliphatic imine (C=N–C) groups is 1. The molecule has 17 heavy (non-hydrogen) atoms. The molecule has 0 aliphatic heterocycles. The molecular weight excluding hydrogens is 214 g/mol. The number of aromatic nitrogens is 2. The summed E-state index contributed by atoms with van der Waals surface area (Å²) in [6, 6.07) is 2.44. The SMILES string of the molecule is NC(=NCCn1cccn1)NC1CCCCC1. The first-order chi connectivity index (χ1) is 8.34. The van der Waals surface area contributed by atoms with E-state index >= 15 is 0 Å². The molecule has 0 bridgehead atoms. The van der Waals surface area contributed by atoms with Gasteiger partial charge in [0, 0.05) is 18.4 Å². The Morgan fingerprint density at radius 2 is 2.24 bits per heavy atom. The molecule has 0 atom stereocenters. The molecule has 1 heterocycles. The van der Waals surface area contributed by atoms with Crippen molar-refractivity contribution in [1.29, 1.82) is 0 Å². The molecule has 0 saturated heterocycles. The average Bonchev–Trinajstić information content (AvgIpc) is 2.83. The van der Waals surface area contributed by atoms with Gasteiger partial charge in [-0.1, -0.05) is 19.3 Å². The molecule has 5 heteroatoms. The van der Waals surface area contributed by atoms with Gasteiger partial charge < -0.3 is 11.1 Å². The van der Waals surface area contributed by atoms with Crippen LogP contribution in [0.25, 0.3) is 0 Å². The Morgan fingerprint density at radius 1 is 1.41 bits per heavy atom. The summed E-state index contributed by atoms with van der Waals surface area (Å²) in [6.07, 6.45) is 10.1. The third-order valence-corrected chi connectivity index (χ3v) is 3.13. The second-order valence-corrected chi connectivity index (χ2v) is 4.52. The highest BCUT2D eigenvalue weighted by atomic mass is 15.3. The van der Waals surface area contributed by atoms with Crippen LogP contribution in [0.15, 0.2) is 23.5 Å². The van der Waals surface area contributed by atoms with Crippen molar-refractivity contribution in [3.8, 4) is 0 Å². The van der Waals surface area contributed by atoms with Crippen LogP contribution in [-0.4, -0.2) is 28.3 Å². The molecule has 1 aliphatic rings. The van der Waals surface area contributed by atoms with Gasteiger partial charge in [-0.05, 0) is 18.9 Å². The molecule has 1 aromatic rings. The first-order valence-corrected chi connectivity index (χ1v) is 6.38. The average molecular weight is 235 g/mol. The monoisotopic (exact) mass is 235 g/mol. The fourth-order valence-corrected chi connectivity index (χ4v) is 2.21. The molecule has 1 aromatic heterocycles. The van der Waals surface area contributed by atoms with Crippen molar-refractivity contribution >= 4 is 5.96 Å². The second-order valence-electron chi connectivity index (χ2n) is 4.52. The minimum atomic E-state index is 0.525. The van der Waals surface area contributed by atoms with E-state index in [9.17, 15) is 0 Å². The summed E-state index contributed by atoms with van der Waals surface area (Å²) in [5.41, 5.74) is 5.85. The standard InChI is InChI=1S/C12H21N5/c13-12(16-11-5-2-1-3-6-11)14-8-10-17-9-4-7-15-17/h4,7,9,11H,1-3,5-6,8,10H2,(H3,13,14,16). The Labute approximate surface area is 102 Å². The molecule has 3 N–H and O–H groups in total.